The van der Waals surface area contributed by atoms with Crippen molar-refractivity contribution in [2.75, 3.05) is 24.5 Å². The number of likely N-dealkylation sites (tertiary alicyclic amines) is 1. The normalized spacial score (nSPS) is 22.2. The number of imidazole rings is 1. The number of carbonyl (C=O) groups excluding carboxylic acids is 1. The third kappa shape index (κ3) is 4.61. The molecule has 11 heteroatoms. The van der Waals surface area contributed by atoms with Crippen molar-refractivity contribution in [1.29, 1.82) is 0 Å². The second-order valence-electron chi connectivity index (χ2n) is 7.19. The first-order chi connectivity index (χ1) is 13.6. The molecule has 2 aliphatic rings. The topological polar surface area (TPSA) is 78.7 Å². The van der Waals surface area contributed by atoms with Gasteiger partial charge in [0.1, 0.15) is 5.82 Å². The molecule has 0 bridgehead atoms. The maximum absolute atomic E-state index is 12.9. The van der Waals surface area contributed by atoms with Gasteiger partial charge in [0.05, 0.1) is 17.6 Å². The van der Waals surface area contributed by atoms with Gasteiger partial charge >= 0.3 is 12.1 Å². The summed E-state index contributed by atoms with van der Waals surface area (Å²) in [6.07, 6.45) is 0.663. The molecule has 1 amide bonds. The lowest BCUT2D eigenvalue weighted by Gasteiger charge is -2.23. The Morgan fingerprint density at radius 1 is 1.34 bits per heavy atom. The van der Waals surface area contributed by atoms with Crippen LogP contribution in [0.5, 0.6) is 0 Å². The predicted octanol–water partition coefficient (Wildman–Crippen LogP) is 2.74. The van der Waals surface area contributed by atoms with E-state index < -0.39 is 12.1 Å². The molecule has 0 radical (unpaired) electrons. The number of alkyl halides is 3. The molecule has 4 rings (SSSR count). The standard InChI is InChI=1S/C16H20N4OS.C2HF3O2/c1-18-8-5-17-14(18)10-19-6-3-16(12-19)4-7-20(15(16)21)13-2-9-22-11-13;3-2(4,5)1(6)7/h2,5,8-9,11H,3-4,6-7,10,12H2,1H3;(H,6,7). The van der Waals surface area contributed by atoms with Gasteiger partial charge in [-0.25, -0.2) is 9.78 Å². The molecular formula is C18H21F3N4O3S. The Hall–Kier alpha value is -2.40. The van der Waals surface area contributed by atoms with Gasteiger partial charge in [0.2, 0.25) is 5.91 Å². The number of rotatable bonds is 3. The number of carboxylic acid groups (broad SMARTS) is 1. The molecule has 1 atom stereocenters. The van der Waals surface area contributed by atoms with E-state index in [4.69, 9.17) is 9.90 Å². The lowest BCUT2D eigenvalue weighted by molar-refractivity contribution is -0.192. The molecule has 4 heterocycles. The van der Waals surface area contributed by atoms with Crippen molar-refractivity contribution in [2.24, 2.45) is 12.5 Å². The molecule has 2 aromatic heterocycles. The number of aryl methyl sites for hydroxylation is 1. The number of aliphatic carboxylic acids is 1. The van der Waals surface area contributed by atoms with Gasteiger partial charge in [-0.1, -0.05) is 0 Å². The minimum atomic E-state index is -5.08. The number of amides is 1. The van der Waals surface area contributed by atoms with E-state index in [0.717, 1.165) is 50.5 Å². The molecule has 2 aliphatic heterocycles. The number of carboxylic acids is 1. The van der Waals surface area contributed by atoms with Crippen molar-refractivity contribution in [2.45, 2.75) is 25.6 Å². The maximum Gasteiger partial charge on any atom is 0.490 e. The van der Waals surface area contributed by atoms with Gasteiger partial charge in [-0.3, -0.25) is 9.69 Å². The zero-order chi connectivity index (χ0) is 21.2. The summed E-state index contributed by atoms with van der Waals surface area (Å²) in [5.41, 5.74) is 0.891. The highest BCUT2D eigenvalue weighted by Crippen LogP contribution is 2.42. The van der Waals surface area contributed by atoms with Crippen LogP contribution in [0, 0.1) is 5.41 Å². The van der Waals surface area contributed by atoms with Crippen molar-refractivity contribution in [3.8, 4) is 0 Å². The van der Waals surface area contributed by atoms with Gasteiger partial charge in [0, 0.05) is 37.9 Å². The number of aromatic nitrogens is 2. The Bertz CT molecular complexity index is 868. The van der Waals surface area contributed by atoms with Crippen LogP contribution in [0.4, 0.5) is 18.9 Å². The van der Waals surface area contributed by atoms with E-state index in [-0.39, 0.29) is 5.41 Å². The Labute approximate surface area is 169 Å². The number of halogens is 3. The van der Waals surface area contributed by atoms with E-state index >= 15 is 0 Å². The molecule has 158 valence electrons. The third-order valence-electron chi connectivity index (χ3n) is 5.29. The van der Waals surface area contributed by atoms with Crippen LogP contribution in [-0.4, -0.2) is 57.2 Å². The molecule has 7 nitrogen and oxygen atoms in total. The van der Waals surface area contributed by atoms with E-state index in [1.165, 1.54) is 0 Å². The highest BCUT2D eigenvalue weighted by Gasteiger charge is 2.51. The van der Waals surface area contributed by atoms with E-state index in [9.17, 15) is 18.0 Å². The van der Waals surface area contributed by atoms with Crippen LogP contribution in [0.1, 0.15) is 18.7 Å². The largest absolute Gasteiger partial charge is 0.490 e. The summed E-state index contributed by atoms with van der Waals surface area (Å²) < 4.78 is 33.8. The van der Waals surface area contributed by atoms with Crippen LogP contribution in [0.3, 0.4) is 0 Å². The zero-order valence-corrected chi connectivity index (χ0v) is 16.5. The summed E-state index contributed by atoms with van der Waals surface area (Å²) in [5, 5.41) is 11.2. The van der Waals surface area contributed by atoms with Crippen molar-refractivity contribution in [3.63, 3.8) is 0 Å². The maximum atomic E-state index is 12.9. The third-order valence-corrected chi connectivity index (χ3v) is 5.96. The van der Waals surface area contributed by atoms with Crippen LogP contribution in [0.2, 0.25) is 0 Å². The summed E-state index contributed by atoms with van der Waals surface area (Å²) in [6.45, 7) is 3.53. The van der Waals surface area contributed by atoms with Crippen molar-refractivity contribution in [1.82, 2.24) is 14.5 Å². The fourth-order valence-corrected chi connectivity index (χ4v) is 4.34. The smallest absolute Gasteiger partial charge is 0.475 e. The average molecular weight is 430 g/mol. The molecule has 1 unspecified atom stereocenters. The van der Waals surface area contributed by atoms with Gasteiger partial charge in [-0.05, 0) is 30.8 Å². The Balaban J connectivity index is 0.000000298. The van der Waals surface area contributed by atoms with E-state index in [0.29, 0.717) is 5.91 Å². The molecule has 0 aromatic carbocycles. The zero-order valence-electron chi connectivity index (χ0n) is 15.7. The Morgan fingerprint density at radius 2 is 2.03 bits per heavy atom. The quantitative estimate of drug-likeness (QED) is 0.810. The van der Waals surface area contributed by atoms with Crippen LogP contribution in [0.15, 0.2) is 29.2 Å². The number of anilines is 1. The number of thiophene rings is 1. The van der Waals surface area contributed by atoms with Crippen LogP contribution < -0.4 is 4.90 Å². The first-order valence-corrected chi connectivity index (χ1v) is 9.89. The van der Waals surface area contributed by atoms with Gasteiger partial charge in [0.15, 0.2) is 0 Å². The SMILES string of the molecule is Cn1ccnc1CN1CCC2(CCN(c3ccsc3)C2=O)C1.O=C(O)C(F)(F)F. The van der Waals surface area contributed by atoms with Gasteiger partial charge in [-0.2, -0.15) is 24.5 Å². The van der Waals surface area contributed by atoms with Crippen LogP contribution in [0.25, 0.3) is 0 Å². The first-order valence-electron chi connectivity index (χ1n) is 8.95. The predicted molar refractivity (Wildman–Crippen MR) is 101 cm³/mol. The highest BCUT2D eigenvalue weighted by molar-refractivity contribution is 7.08. The average Bonchev–Trinajstić information content (AvgIpc) is 3.41. The second-order valence-corrected chi connectivity index (χ2v) is 7.97. The van der Waals surface area contributed by atoms with Gasteiger partial charge in [0.25, 0.3) is 0 Å². The van der Waals surface area contributed by atoms with Crippen LogP contribution >= 0.6 is 11.3 Å². The summed E-state index contributed by atoms with van der Waals surface area (Å²) in [6, 6.07) is 2.04. The van der Waals surface area contributed by atoms with E-state index in [2.05, 4.69) is 19.8 Å². The summed E-state index contributed by atoms with van der Waals surface area (Å²) in [4.78, 5) is 30.6. The Kier molecular flexibility index (Phi) is 5.99. The first kappa shape index (κ1) is 21.3. The summed E-state index contributed by atoms with van der Waals surface area (Å²) >= 11 is 1.65. The molecule has 2 aromatic rings. The minimum Gasteiger partial charge on any atom is -0.475 e. The molecule has 0 saturated carbocycles. The number of carbonyl (C=O) groups is 2. The van der Waals surface area contributed by atoms with Crippen LogP contribution in [-0.2, 0) is 23.2 Å². The lowest BCUT2D eigenvalue weighted by Crippen LogP contribution is -2.36. The molecule has 2 fully saturated rings. The summed E-state index contributed by atoms with van der Waals surface area (Å²) in [5.74, 6) is -1.38. The van der Waals surface area contributed by atoms with E-state index in [1.807, 2.05) is 35.8 Å². The summed E-state index contributed by atoms with van der Waals surface area (Å²) in [7, 11) is 2.02. The molecule has 29 heavy (non-hydrogen) atoms. The number of nitrogens with zero attached hydrogens (tertiary/aromatic N) is 4. The lowest BCUT2D eigenvalue weighted by atomic mass is 9.85. The molecule has 2 saturated heterocycles. The molecule has 1 N–H and O–H groups in total. The van der Waals surface area contributed by atoms with E-state index in [1.54, 1.807) is 11.3 Å². The second kappa shape index (κ2) is 8.15. The fraction of sp³-hybridized carbons (Fsp3) is 0.500. The van der Waals surface area contributed by atoms with Crippen molar-refractivity contribution < 1.29 is 27.9 Å². The Morgan fingerprint density at radius 3 is 2.59 bits per heavy atom. The number of hydrogen-bond acceptors (Lipinski definition) is 5. The monoisotopic (exact) mass is 430 g/mol. The molecule has 0 aliphatic carbocycles. The fourth-order valence-electron chi connectivity index (χ4n) is 3.70. The number of hydrogen-bond donors (Lipinski definition) is 1. The minimum absolute atomic E-state index is 0.174. The molecular weight excluding hydrogens is 409 g/mol. The van der Waals surface area contributed by atoms with Crippen molar-refractivity contribution in [3.05, 3.63) is 35.0 Å². The highest BCUT2D eigenvalue weighted by atomic mass is 32.1. The van der Waals surface area contributed by atoms with Gasteiger partial charge in [-0.15, -0.1) is 0 Å². The molecule has 1 spiro atoms. The van der Waals surface area contributed by atoms with Gasteiger partial charge < -0.3 is 14.6 Å². The van der Waals surface area contributed by atoms with Crippen molar-refractivity contribution >= 4 is 28.9 Å².